The molecule has 0 atom stereocenters. The third-order valence-corrected chi connectivity index (χ3v) is 3.73. The summed E-state index contributed by atoms with van der Waals surface area (Å²) in [6.45, 7) is 3.08. The van der Waals surface area contributed by atoms with Gasteiger partial charge in [0, 0.05) is 6.54 Å². The Morgan fingerprint density at radius 2 is 2.18 bits per heavy atom. The number of likely N-dealkylation sites (N-methyl/N-ethyl adjacent to an activating group) is 1. The van der Waals surface area contributed by atoms with Crippen LogP contribution in [0.5, 0.6) is 0 Å². The van der Waals surface area contributed by atoms with Crippen LogP contribution >= 0.6 is 0 Å². The monoisotopic (exact) mass is 233 g/mol. The van der Waals surface area contributed by atoms with Crippen molar-refractivity contribution in [3.8, 4) is 0 Å². The van der Waals surface area contributed by atoms with Gasteiger partial charge in [0.25, 0.3) is 0 Å². The number of furan rings is 1. The van der Waals surface area contributed by atoms with Gasteiger partial charge < -0.3 is 9.73 Å². The van der Waals surface area contributed by atoms with E-state index in [2.05, 4.69) is 18.3 Å². The predicted molar refractivity (Wildman–Crippen MR) is 71.9 cm³/mol. The van der Waals surface area contributed by atoms with Crippen LogP contribution in [0.25, 0.3) is 6.08 Å². The Bertz CT molecular complexity index is 372. The molecule has 1 N–H and O–H groups in total. The highest BCUT2D eigenvalue weighted by Crippen LogP contribution is 2.31. The minimum atomic E-state index is 0.751. The molecule has 0 saturated heterocycles. The molecule has 1 aliphatic rings. The lowest BCUT2D eigenvalue weighted by atomic mass is 9.83. The number of nitrogens with one attached hydrogen (secondary N) is 1. The maximum atomic E-state index is 5.53. The van der Waals surface area contributed by atoms with E-state index in [9.17, 15) is 0 Å². The second-order valence-corrected chi connectivity index (χ2v) is 5.05. The summed E-state index contributed by atoms with van der Waals surface area (Å²) in [6, 6.07) is 2.03. The minimum Gasteiger partial charge on any atom is -0.465 e. The second kappa shape index (κ2) is 6.06. The van der Waals surface area contributed by atoms with Crippen LogP contribution in [0, 0.1) is 12.8 Å². The molecule has 0 unspecified atom stereocenters. The Morgan fingerprint density at radius 1 is 1.41 bits per heavy atom. The Labute approximate surface area is 104 Å². The highest BCUT2D eigenvalue weighted by Gasteiger charge is 2.17. The molecular weight excluding hydrogens is 210 g/mol. The lowest BCUT2D eigenvalue weighted by molar-refractivity contribution is 0.397. The van der Waals surface area contributed by atoms with E-state index in [1.807, 2.05) is 13.1 Å². The highest BCUT2D eigenvalue weighted by molar-refractivity contribution is 5.52. The lowest BCUT2D eigenvalue weighted by Gasteiger charge is -2.24. The van der Waals surface area contributed by atoms with Crippen molar-refractivity contribution in [2.45, 2.75) is 39.0 Å². The molecule has 1 saturated carbocycles. The smallest absolute Gasteiger partial charge is 0.129 e. The first kappa shape index (κ1) is 12.4. The van der Waals surface area contributed by atoms with Gasteiger partial charge in [0.05, 0.1) is 6.26 Å². The fourth-order valence-electron chi connectivity index (χ4n) is 2.69. The van der Waals surface area contributed by atoms with Crippen LogP contribution in [0.4, 0.5) is 0 Å². The Kier molecular flexibility index (Phi) is 4.43. The zero-order valence-corrected chi connectivity index (χ0v) is 11.0. The van der Waals surface area contributed by atoms with Gasteiger partial charge in [-0.3, -0.25) is 0 Å². The molecule has 0 amide bonds. The average molecular weight is 233 g/mol. The summed E-state index contributed by atoms with van der Waals surface area (Å²) in [5.41, 5.74) is 2.74. The molecule has 1 fully saturated rings. The van der Waals surface area contributed by atoms with Crippen LogP contribution in [0.3, 0.4) is 0 Å². The van der Waals surface area contributed by atoms with Gasteiger partial charge in [-0.2, -0.15) is 0 Å². The number of aryl methyl sites for hydroxylation is 1. The van der Waals surface area contributed by atoms with Gasteiger partial charge >= 0.3 is 0 Å². The van der Waals surface area contributed by atoms with Crippen molar-refractivity contribution in [1.29, 1.82) is 0 Å². The van der Waals surface area contributed by atoms with Gasteiger partial charge in [-0.1, -0.05) is 19.3 Å². The quantitative estimate of drug-likeness (QED) is 0.856. The molecule has 1 heterocycles. The second-order valence-electron chi connectivity index (χ2n) is 5.05. The first-order valence-corrected chi connectivity index (χ1v) is 6.70. The van der Waals surface area contributed by atoms with Crippen LogP contribution in [0.2, 0.25) is 0 Å². The summed E-state index contributed by atoms with van der Waals surface area (Å²) >= 11 is 0. The first-order valence-electron chi connectivity index (χ1n) is 6.70. The van der Waals surface area contributed by atoms with Crippen LogP contribution in [-0.4, -0.2) is 13.6 Å². The molecule has 0 aliphatic heterocycles. The Morgan fingerprint density at radius 3 is 2.76 bits per heavy atom. The standard InChI is InChI=1S/C15H23NO/c1-12-8-9-17-15(12)10-14(11-16-2)13-6-4-3-5-7-13/h8-10,13,16H,3-7,11H2,1-2H3/b14-10-. The maximum Gasteiger partial charge on any atom is 0.129 e. The third-order valence-electron chi connectivity index (χ3n) is 3.73. The van der Waals surface area contributed by atoms with Crippen LogP contribution in [-0.2, 0) is 0 Å². The molecule has 0 radical (unpaired) electrons. The average Bonchev–Trinajstić information content (AvgIpc) is 2.76. The van der Waals surface area contributed by atoms with Crippen molar-refractivity contribution in [2.24, 2.45) is 5.92 Å². The van der Waals surface area contributed by atoms with E-state index in [4.69, 9.17) is 4.42 Å². The molecule has 0 bridgehead atoms. The van der Waals surface area contributed by atoms with Crippen LogP contribution in [0.1, 0.15) is 43.4 Å². The molecule has 0 spiro atoms. The van der Waals surface area contributed by atoms with Crippen LogP contribution in [0.15, 0.2) is 22.3 Å². The van der Waals surface area contributed by atoms with Crippen molar-refractivity contribution in [1.82, 2.24) is 5.32 Å². The van der Waals surface area contributed by atoms with E-state index in [1.165, 1.54) is 43.2 Å². The minimum absolute atomic E-state index is 0.751. The summed E-state index contributed by atoms with van der Waals surface area (Å²) in [6.07, 6.45) is 10.9. The predicted octanol–water partition coefficient (Wildman–Crippen LogP) is 3.77. The summed E-state index contributed by atoms with van der Waals surface area (Å²) in [5.74, 6) is 1.78. The zero-order chi connectivity index (χ0) is 12.1. The van der Waals surface area contributed by atoms with Crippen LogP contribution < -0.4 is 5.32 Å². The van der Waals surface area contributed by atoms with E-state index < -0.39 is 0 Å². The number of hydrogen-bond acceptors (Lipinski definition) is 2. The molecule has 2 nitrogen and oxygen atoms in total. The van der Waals surface area contributed by atoms with Gasteiger partial charge in [-0.05, 0) is 56.0 Å². The molecule has 17 heavy (non-hydrogen) atoms. The lowest BCUT2D eigenvalue weighted by Crippen LogP contribution is -2.19. The van der Waals surface area contributed by atoms with E-state index in [-0.39, 0.29) is 0 Å². The van der Waals surface area contributed by atoms with Crippen molar-refractivity contribution in [3.63, 3.8) is 0 Å². The van der Waals surface area contributed by atoms with E-state index in [0.717, 1.165) is 18.2 Å². The molecule has 1 aromatic heterocycles. The van der Waals surface area contributed by atoms with Crippen molar-refractivity contribution in [2.75, 3.05) is 13.6 Å². The van der Waals surface area contributed by atoms with Crippen molar-refractivity contribution in [3.05, 3.63) is 29.2 Å². The summed E-state index contributed by atoms with van der Waals surface area (Å²) in [4.78, 5) is 0. The van der Waals surface area contributed by atoms with Gasteiger partial charge in [0.2, 0.25) is 0 Å². The molecule has 2 heteroatoms. The van der Waals surface area contributed by atoms with E-state index in [0.29, 0.717) is 0 Å². The molecule has 1 aliphatic carbocycles. The van der Waals surface area contributed by atoms with Crippen molar-refractivity contribution < 1.29 is 4.42 Å². The SMILES string of the molecule is CNC/C(=C/c1occc1C)C1CCCCC1. The zero-order valence-electron chi connectivity index (χ0n) is 11.0. The van der Waals surface area contributed by atoms with E-state index >= 15 is 0 Å². The molecule has 94 valence electrons. The number of hydrogen-bond donors (Lipinski definition) is 1. The van der Waals surface area contributed by atoms with Crippen molar-refractivity contribution >= 4 is 6.08 Å². The van der Waals surface area contributed by atoms with E-state index in [1.54, 1.807) is 6.26 Å². The van der Waals surface area contributed by atoms with Gasteiger partial charge in [0.1, 0.15) is 5.76 Å². The van der Waals surface area contributed by atoms with Gasteiger partial charge in [0.15, 0.2) is 0 Å². The first-order chi connectivity index (χ1) is 8.31. The Hall–Kier alpha value is -1.02. The molecule has 2 rings (SSSR count). The fourth-order valence-corrected chi connectivity index (χ4v) is 2.69. The highest BCUT2D eigenvalue weighted by atomic mass is 16.3. The summed E-state index contributed by atoms with van der Waals surface area (Å²) < 4.78 is 5.53. The molecule has 1 aromatic rings. The largest absolute Gasteiger partial charge is 0.465 e. The topological polar surface area (TPSA) is 25.2 Å². The summed E-state index contributed by atoms with van der Waals surface area (Å²) in [5, 5.41) is 3.29. The van der Waals surface area contributed by atoms with Gasteiger partial charge in [-0.25, -0.2) is 0 Å². The Balaban J connectivity index is 2.15. The molecular formula is C15H23NO. The van der Waals surface area contributed by atoms with Gasteiger partial charge in [-0.15, -0.1) is 0 Å². The maximum absolute atomic E-state index is 5.53. The third kappa shape index (κ3) is 3.22. The fraction of sp³-hybridized carbons (Fsp3) is 0.600. The number of rotatable bonds is 4. The normalized spacial score (nSPS) is 18.6. The molecule has 0 aromatic carbocycles. The summed E-state index contributed by atoms with van der Waals surface area (Å²) in [7, 11) is 2.02.